The number of amides is 2. The fourth-order valence-corrected chi connectivity index (χ4v) is 5.72. The summed E-state index contributed by atoms with van der Waals surface area (Å²) in [5, 5.41) is 7.44. The molecule has 3 aliphatic heterocycles. The van der Waals surface area contributed by atoms with Crippen molar-refractivity contribution in [2.45, 2.75) is 76.5 Å². The molecular formula is C30H42ClN3O3. The number of benzene rings is 2. The lowest BCUT2D eigenvalue weighted by atomic mass is 9.89. The van der Waals surface area contributed by atoms with Gasteiger partial charge in [-0.15, -0.1) is 0 Å². The normalized spacial score (nSPS) is 23.4. The summed E-state index contributed by atoms with van der Waals surface area (Å²) in [5.41, 5.74) is 2.12. The lowest BCUT2D eigenvalue weighted by Gasteiger charge is -2.32. The van der Waals surface area contributed by atoms with E-state index in [4.69, 9.17) is 21.1 Å². The predicted molar refractivity (Wildman–Crippen MR) is 151 cm³/mol. The third-order valence-electron chi connectivity index (χ3n) is 7.46. The SMILES string of the molecule is COCC(C)C.O=C(Nc1ccc(OC2C[C@H]3CC[C@@H](C2)N3)cc1)N1CCC(c2ccc(Cl)cc2)CC1. The fourth-order valence-electron chi connectivity index (χ4n) is 5.60. The quantitative estimate of drug-likeness (QED) is 0.438. The Morgan fingerprint density at radius 1 is 1.00 bits per heavy atom. The lowest BCUT2D eigenvalue weighted by molar-refractivity contribution is 0.137. The number of nitrogens with zero attached hydrogens (tertiary/aromatic N) is 1. The number of urea groups is 1. The molecule has 202 valence electrons. The summed E-state index contributed by atoms with van der Waals surface area (Å²) in [6.07, 6.45) is 6.95. The number of ether oxygens (including phenoxy) is 2. The Morgan fingerprint density at radius 2 is 1.62 bits per heavy atom. The Labute approximate surface area is 227 Å². The molecule has 2 bridgehead atoms. The molecule has 3 aliphatic rings. The van der Waals surface area contributed by atoms with Crippen molar-refractivity contribution in [3.8, 4) is 5.75 Å². The molecule has 7 heteroatoms. The first kappa shape index (κ1) is 27.7. The highest BCUT2D eigenvalue weighted by atomic mass is 35.5. The van der Waals surface area contributed by atoms with E-state index in [0.717, 1.165) is 61.8 Å². The second-order valence-electron chi connectivity index (χ2n) is 11.0. The summed E-state index contributed by atoms with van der Waals surface area (Å²) in [5.74, 6) is 2.05. The molecule has 3 heterocycles. The average Bonchev–Trinajstić information content (AvgIpc) is 3.24. The molecule has 2 aromatic rings. The standard InChI is InChI=1S/C25H30ClN3O2.C5H12O/c26-19-3-1-17(2-4-19)18-11-13-29(14-12-18)25(30)28-20-7-9-23(10-8-20)31-24-15-21-5-6-22(16-24)27-21;1-5(2)4-6-3/h1-4,7-10,18,21-22,24,27H,5-6,11-16H2,(H,28,30);5H,4H2,1-3H3/t21-,22+,24?;. The maximum absolute atomic E-state index is 12.7. The van der Waals surface area contributed by atoms with E-state index in [2.05, 4.69) is 36.6 Å². The largest absolute Gasteiger partial charge is 0.490 e. The van der Waals surface area contributed by atoms with Gasteiger partial charge in [0.15, 0.2) is 0 Å². The monoisotopic (exact) mass is 527 g/mol. The van der Waals surface area contributed by atoms with Gasteiger partial charge in [-0.2, -0.15) is 0 Å². The number of methoxy groups -OCH3 is 1. The van der Waals surface area contributed by atoms with Gasteiger partial charge in [-0.25, -0.2) is 4.79 Å². The van der Waals surface area contributed by atoms with Crippen molar-refractivity contribution in [3.63, 3.8) is 0 Å². The summed E-state index contributed by atoms with van der Waals surface area (Å²) in [6.45, 7) is 6.66. The number of hydrogen-bond donors (Lipinski definition) is 2. The van der Waals surface area contributed by atoms with Crippen molar-refractivity contribution in [1.82, 2.24) is 10.2 Å². The van der Waals surface area contributed by atoms with Crippen LogP contribution in [0.1, 0.15) is 63.9 Å². The smallest absolute Gasteiger partial charge is 0.321 e. The first-order valence-electron chi connectivity index (χ1n) is 13.7. The first-order chi connectivity index (χ1) is 17.9. The van der Waals surface area contributed by atoms with Crippen LogP contribution in [-0.4, -0.2) is 55.9 Å². The molecule has 0 aromatic heterocycles. The van der Waals surface area contributed by atoms with Gasteiger partial charge in [0.25, 0.3) is 0 Å². The van der Waals surface area contributed by atoms with Gasteiger partial charge in [-0.1, -0.05) is 37.6 Å². The van der Waals surface area contributed by atoms with Crippen molar-refractivity contribution in [3.05, 3.63) is 59.1 Å². The molecule has 2 amide bonds. The highest BCUT2D eigenvalue weighted by Crippen LogP contribution is 2.31. The van der Waals surface area contributed by atoms with Gasteiger partial charge >= 0.3 is 6.03 Å². The molecule has 3 atom stereocenters. The first-order valence-corrected chi connectivity index (χ1v) is 14.1. The summed E-state index contributed by atoms with van der Waals surface area (Å²) in [4.78, 5) is 14.6. The maximum atomic E-state index is 12.7. The molecule has 5 rings (SSSR count). The van der Waals surface area contributed by atoms with Crippen LogP contribution in [0.25, 0.3) is 0 Å². The van der Waals surface area contributed by atoms with Crippen LogP contribution in [0.2, 0.25) is 5.02 Å². The van der Waals surface area contributed by atoms with Crippen LogP contribution < -0.4 is 15.4 Å². The zero-order valence-corrected chi connectivity index (χ0v) is 23.2. The summed E-state index contributed by atoms with van der Waals surface area (Å²) in [7, 11) is 1.72. The minimum atomic E-state index is -0.0295. The second-order valence-corrected chi connectivity index (χ2v) is 11.4. The van der Waals surface area contributed by atoms with Crippen LogP contribution in [0.4, 0.5) is 10.5 Å². The van der Waals surface area contributed by atoms with Gasteiger partial charge in [-0.3, -0.25) is 0 Å². The van der Waals surface area contributed by atoms with E-state index in [1.165, 1.54) is 18.4 Å². The van der Waals surface area contributed by atoms with E-state index in [1.54, 1.807) is 7.11 Å². The number of halogens is 1. The minimum absolute atomic E-state index is 0.0295. The average molecular weight is 528 g/mol. The Balaban J connectivity index is 0.000000480. The van der Waals surface area contributed by atoms with Crippen molar-refractivity contribution in [2.24, 2.45) is 5.92 Å². The van der Waals surface area contributed by atoms with Crippen LogP contribution >= 0.6 is 11.6 Å². The number of anilines is 1. The molecule has 0 radical (unpaired) electrons. The van der Waals surface area contributed by atoms with Crippen molar-refractivity contribution in [2.75, 3.05) is 32.1 Å². The van der Waals surface area contributed by atoms with Crippen LogP contribution in [0.5, 0.6) is 5.75 Å². The molecule has 37 heavy (non-hydrogen) atoms. The molecule has 0 aliphatic carbocycles. The molecule has 3 fully saturated rings. The van der Waals surface area contributed by atoms with Gasteiger partial charge in [0.2, 0.25) is 0 Å². The van der Waals surface area contributed by atoms with E-state index >= 15 is 0 Å². The van der Waals surface area contributed by atoms with E-state index in [0.29, 0.717) is 30.0 Å². The summed E-state index contributed by atoms with van der Waals surface area (Å²) < 4.78 is 11.0. The molecule has 0 saturated carbocycles. The molecule has 3 saturated heterocycles. The van der Waals surface area contributed by atoms with Crippen LogP contribution in [0, 0.1) is 5.92 Å². The highest BCUT2D eigenvalue weighted by molar-refractivity contribution is 6.30. The Hall–Kier alpha value is -2.28. The van der Waals surface area contributed by atoms with Crippen molar-refractivity contribution in [1.29, 1.82) is 0 Å². The molecule has 0 spiro atoms. The van der Waals surface area contributed by atoms with Gasteiger partial charge < -0.3 is 25.0 Å². The van der Waals surface area contributed by atoms with E-state index < -0.39 is 0 Å². The molecular weight excluding hydrogens is 486 g/mol. The predicted octanol–water partition coefficient (Wildman–Crippen LogP) is 6.70. The summed E-state index contributed by atoms with van der Waals surface area (Å²) in [6, 6.07) is 17.1. The Kier molecular flexibility index (Phi) is 10.1. The van der Waals surface area contributed by atoms with Crippen molar-refractivity contribution >= 4 is 23.3 Å². The third kappa shape index (κ3) is 8.36. The second kappa shape index (κ2) is 13.5. The highest BCUT2D eigenvalue weighted by Gasteiger charge is 2.34. The van der Waals surface area contributed by atoms with E-state index in [-0.39, 0.29) is 6.03 Å². The zero-order chi connectivity index (χ0) is 26.2. The Morgan fingerprint density at radius 3 is 2.16 bits per heavy atom. The van der Waals surface area contributed by atoms with Gasteiger partial charge in [0.05, 0.1) is 0 Å². The van der Waals surface area contributed by atoms with E-state index in [9.17, 15) is 4.79 Å². The lowest BCUT2D eigenvalue weighted by Crippen LogP contribution is -2.42. The number of fused-ring (bicyclic) bond motifs is 2. The number of carbonyl (C=O) groups is 1. The Bertz CT molecular complexity index is 963. The molecule has 6 nitrogen and oxygen atoms in total. The van der Waals surface area contributed by atoms with Gasteiger partial charge in [0, 0.05) is 49.6 Å². The van der Waals surface area contributed by atoms with Crippen LogP contribution in [0.15, 0.2) is 48.5 Å². The van der Waals surface area contributed by atoms with E-state index in [1.807, 2.05) is 41.3 Å². The van der Waals surface area contributed by atoms with Crippen LogP contribution in [0.3, 0.4) is 0 Å². The number of hydrogen-bond acceptors (Lipinski definition) is 4. The minimum Gasteiger partial charge on any atom is -0.490 e. The number of nitrogens with one attached hydrogen (secondary N) is 2. The number of piperidine rings is 2. The van der Waals surface area contributed by atoms with Gasteiger partial charge in [-0.05, 0) is 92.3 Å². The number of rotatable bonds is 6. The molecule has 2 N–H and O–H groups in total. The number of likely N-dealkylation sites (tertiary alicyclic amines) is 1. The molecule has 1 unspecified atom stereocenters. The fraction of sp³-hybridized carbons (Fsp3) is 0.567. The topological polar surface area (TPSA) is 62.8 Å². The summed E-state index contributed by atoms with van der Waals surface area (Å²) >= 11 is 5.99. The van der Waals surface area contributed by atoms with Gasteiger partial charge in [0.1, 0.15) is 11.9 Å². The molecule has 2 aromatic carbocycles. The number of carbonyl (C=O) groups excluding carboxylic acids is 1. The maximum Gasteiger partial charge on any atom is 0.321 e. The third-order valence-corrected chi connectivity index (χ3v) is 7.71. The zero-order valence-electron chi connectivity index (χ0n) is 22.4. The van der Waals surface area contributed by atoms with Crippen LogP contribution in [-0.2, 0) is 4.74 Å². The van der Waals surface area contributed by atoms with Crippen molar-refractivity contribution < 1.29 is 14.3 Å².